The number of amides is 1. The van der Waals surface area contributed by atoms with Crippen LogP contribution < -0.4 is 10.2 Å². The highest BCUT2D eigenvalue weighted by Gasteiger charge is 2.44. The molecule has 36 heavy (non-hydrogen) atoms. The van der Waals surface area contributed by atoms with Crippen LogP contribution in [0.4, 0.5) is 32.2 Å². The molecule has 0 radical (unpaired) electrons. The number of aromatic nitrogens is 2. The number of benzene rings is 1. The number of allylic oxidation sites excluding steroid dienone is 3. The zero-order valence-electron chi connectivity index (χ0n) is 20.0. The van der Waals surface area contributed by atoms with Crippen LogP contribution in [-0.2, 0) is 25.4 Å². The highest BCUT2D eigenvalue weighted by molar-refractivity contribution is 6.31. The third-order valence-corrected chi connectivity index (χ3v) is 6.05. The largest absolute Gasteiger partial charge is 0.436 e. The molecule has 1 unspecified atom stereocenters. The fourth-order valence-electron chi connectivity index (χ4n) is 3.75. The van der Waals surface area contributed by atoms with Gasteiger partial charge < -0.3 is 10.2 Å². The third-order valence-electron chi connectivity index (χ3n) is 5.72. The maximum atomic E-state index is 13.8. The number of halogens is 7. The van der Waals surface area contributed by atoms with Crippen LogP contribution in [0.25, 0.3) is 0 Å². The Morgan fingerprint density at radius 3 is 2.36 bits per heavy atom. The zero-order valence-corrected chi connectivity index (χ0v) is 20.7. The van der Waals surface area contributed by atoms with Gasteiger partial charge in [0.2, 0.25) is 0 Å². The molecule has 1 amide bonds. The van der Waals surface area contributed by atoms with Gasteiger partial charge in [-0.3, -0.25) is 4.79 Å². The molecule has 1 aromatic carbocycles. The Balaban J connectivity index is 1.98. The minimum absolute atomic E-state index is 0.0421. The Kier molecular flexibility index (Phi) is 7.83. The van der Waals surface area contributed by atoms with Gasteiger partial charge in [0.15, 0.2) is 5.69 Å². The van der Waals surface area contributed by atoms with Gasteiger partial charge in [-0.05, 0) is 45.4 Å². The molecule has 196 valence electrons. The van der Waals surface area contributed by atoms with Crippen molar-refractivity contribution < 1.29 is 31.1 Å². The molecule has 12 heteroatoms. The van der Waals surface area contributed by atoms with Crippen molar-refractivity contribution in [1.82, 2.24) is 15.1 Å². The van der Waals surface area contributed by atoms with E-state index in [-0.39, 0.29) is 31.0 Å². The van der Waals surface area contributed by atoms with E-state index in [0.29, 0.717) is 0 Å². The van der Waals surface area contributed by atoms with Crippen LogP contribution in [-0.4, -0.2) is 28.3 Å². The maximum Gasteiger partial charge on any atom is 0.436 e. The van der Waals surface area contributed by atoms with E-state index in [1.165, 1.54) is 11.0 Å². The molecule has 2 heterocycles. The van der Waals surface area contributed by atoms with Crippen LogP contribution in [0.3, 0.4) is 0 Å². The topological polar surface area (TPSA) is 50.2 Å². The monoisotopic (exact) mass is 534 g/mol. The fraction of sp³-hybridized carbons (Fsp3) is 0.417. The van der Waals surface area contributed by atoms with Crippen molar-refractivity contribution in [2.75, 3.05) is 11.4 Å². The lowest BCUT2D eigenvalue weighted by Crippen LogP contribution is -2.35. The zero-order chi connectivity index (χ0) is 27.0. The number of carbonyl (C=O) groups is 1. The second-order valence-corrected chi connectivity index (χ2v) is 9.26. The SMILES string of the molecule is CC(C)=C/C=C(\C)C(C)NC(=O)c1c(C(F)(F)F)nn2c1N(Cc1ccc(Cl)c(C(F)(F)F)c1)CC2. The highest BCUT2D eigenvalue weighted by Crippen LogP contribution is 2.39. The molecule has 1 N–H and O–H groups in total. The molecule has 0 saturated heterocycles. The van der Waals surface area contributed by atoms with Crippen molar-refractivity contribution in [3.8, 4) is 0 Å². The highest BCUT2D eigenvalue weighted by atomic mass is 35.5. The van der Waals surface area contributed by atoms with Crippen LogP contribution in [0.15, 0.2) is 41.5 Å². The number of anilines is 1. The van der Waals surface area contributed by atoms with Gasteiger partial charge in [-0.1, -0.05) is 41.0 Å². The first-order valence-corrected chi connectivity index (χ1v) is 11.4. The number of rotatable bonds is 6. The smallest absolute Gasteiger partial charge is 0.350 e. The van der Waals surface area contributed by atoms with Gasteiger partial charge in [0.25, 0.3) is 5.91 Å². The van der Waals surface area contributed by atoms with Crippen LogP contribution in [0.2, 0.25) is 5.02 Å². The minimum atomic E-state index is -4.91. The molecule has 5 nitrogen and oxygen atoms in total. The molecule has 0 spiro atoms. The predicted octanol–water partition coefficient (Wildman–Crippen LogP) is 6.63. The van der Waals surface area contributed by atoms with Gasteiger partial charge in [0.05, 0.1) is 17.1 Å². The lowest BCUT2D eigenvalue weighted by molar-refractivity contribution is -0.142. The Bertz CT molecular complexity index is 1210. The van der Waals surface area contributed by atoms with E-state index in [0.717, 1.165) is 28.0 Å². The molecule has 0 aliphatic carbocycles. The summed E-state index contributed by atoms with van der Waals surface area (Å²) in [5.41, 5.74) is -1.14. The molecular weight excluding hydrogens is 510 g/mol. The first-order chi connectivity index (χ1) is 16.6. The first-order valence-electron chi connectivity index (χ1n) is 11.0. The third kappa shape index (κ3) is 6.05. The van der Waals surface area contributed by atoms with E-state index in [9.17, 15) is 31.1 Å². The Morgan fingerprint density at radius 2 is 1.78 bits per heavy atom. The summed E-state index contributed by atoms with van der Waals surface area (Å²) in [5.74, 6) is -1.07. The Labute approximate surface area is 209 Å². The van der Waals surface area contributed by atoms with E-state index in [1.807, 2.05) is 19.9 Å². The van der Waals surface area contributed by atoms with Crippen molar-refractivity contribution in [2.24, 2.45) is 0 Å². The van der Waals surface area contributed by atoms with Crippen molar-refractivity contribution in [2.45, 2.75) is 59.2 Å². The standard InChI is InChI=1S/C24H25ClF6N4O/c1-13(2)5-6-14(3)15(4)32-21(36)19-20(24(29,30)31)33-35-10-9-34(22(19)35)12-16-7-8-18(25)17(11-16)23(26,27)28/h5-8,11,15H,9-10,12H2,1-4H3,(H,32,36)/b14-6+. The van der Waals surface area contributed by atoms with Crippen molar-refractivity contribution in [3.63, 3.8) is 0 Å². The summed E-state index contributed by atoms with van der Waals surface area (Å²) in [5, 5.41) is 5.72. The molecule has 0 saturated carbocycles. The van der Waals surface area contributed by atoms with Gasteiger partial charge in [-0.25, -0.2) is 4.68 Å². The van der Waals surface area contributed by atoms with Crippen LogP contribution in [0.1, 0.15) is 54.9 Å². The van der Waals surface area contributed by atoms with Crippen molar-refractivity contribution >= 4 is 23.3 Å². The number of alkyl halides is 6. The number of nitrogens with zero attached hydrogens (tertiary/aromatic N) is 3. The molecule has 1 aliphatic heterocycles. The first kappa shape index (κ1) is 27.6. The van der Waals surface area contributed by atoms with Gasteiger partial charge in [-0.15, -0.1) is 0 Å². The quantitative estimate of drug-likeness (QED) is 0.334. The van der Waals surface area contributed by atoms with Gasteiger partial charge in [0.1, 0.15) is 11.4 Å². The van der Waals surface area contributed by atoms with Crippen molar-refractivity contribution in [1.29, 1.82) is 0 Å². The second-order valence-electron chi connectivity index (χ2n) is 8.85. The number of fused-ring (bicyclic) bond motifs is 1. The maximum absolute atomic E-state index is 13.8. The molecule has 1 atom stereocenters. The van der Waals surface area contributed by atoms with Crippen LogP contribution in [0, 0.1) is 0 Å². The summed E-state index contributed by atoms with van der Waals surface area (Å²) in [6.45, 7) is 7.18. The second kappa shape index (κ2) is 10.2. The number of carbonyl (C=O) groups excluding carboxylic acids is 1. The summed E-state index contributed by atoms with van der Waals surface area (Å²) in [4.78, 5) is 14.5. The lowest BCUT2D eigenvalue weighted by Gasteiger charge is -2.21. The normalized spacial score (nSPS) is 15.1. The van der Waals surface area contributed by atoms with E-state index in [2.05, 4.69) is 10.4 Å². The average Bonchev–Trinajstić information content (AvgIpc) is 3.32. The van der Waals surface area contributed by atoms with Gasteiger partial charge in [0, 0.05) is 19.1 Å². The number of nitrogens with one attached hydrogen (secondary N) is 1. The van der Waals surface area contributed by atoms with E-state index in [4.69, 9.17) is 11.6 Å². The predicted molar refractivity (Wildman–Crippen MR) is 125 cm³/mol. The number of hydrogen-bond acceptors (Lipinski definition) is 3. The van der Waals surface area contributed by atoms with Crippen LogP contribution in [0.5, 0.6) is 0 Å². The molecule has 1 aromatic heterocycles. The summed E-state index contributed by atoms with van der Waals surface area (Å²) in [6, 6.07) is 2.72. The van der Waals surface area contributed by atoms with Gasteiger partial charge >= 0.3 is 12.4 Å². The molecule has 1 aliphatic rings. The fourth-order valence-corrected chi connectivity index (χ4v) is 3.97. The van der Waals surface area contributed by atoms with Gasteiger partial charge in [-0.2, -0.15) is 31.4 Å². The Morgan fingerprint density at radius 1 is 1.11 bits per heavy atom. The molecule has 0 fully saturated rings. The molecule has 3 rings (SSSR count). The minimum Gasteiger partial charge on any atom is -0.350 e. The average molecular weight is 535 g/mol. The summed E-state index contributed by atoms with van der Waals surface area (Å²) in [7, 11) is 0. The van der Waals surface area contributed by atoms with E-state index in [1.54, 1.807) is 19.9 Å². The molecule has 0 bridgehead atoms. The number of hydrogen-bond donors (Lipinski definition) is 1. The summed E-state index contributed by atoms with van der Waals surface area (Å²) >= 11 is 5.68. The molecular formula is C24H25ClF6N4O. The summed E-state index contributed by atoms with van der Waals surface area (Å²) in [6.07, 6.45) is -6.02. The molecule has 2 aromatic rings. The lowest BCUT2D eigenvalue weighted by atomic mass is 10.1. The van der Waals surface area contributed by atoms with E-state index >= 15 is 0 Å². The Hall–Kier alpha value is -2.95. The van der Waals surface area contributed by atoms with Crippen molar-refractivity contribution in [3.05, 3.63) is 68.9 Å². The summed E-state index contributed by atoms with van der Waals surface area (Å²) < 4.78 is 82.3. The van der Waals surface area contributed by atoms with Crippen LogP contribution >= 0.6 is 11.6 Å². The van der Waals surface area contributed by atoms with E-state index < -0.39 is 46.1 Å².